The van der Waals surface area contributed by atoms with Gasteiger partial charge in [-0.2, -0.15) is 0 Å². The second-order valence-electron chi connectivity index (χ2n) is 7.69. The van der Waals surface area contributed by atoms with E-state index in [0.29, 0.717) is 18.8 Å². The maximum absolute atomic E-state index is 13.7. The van der Waals surface area contributed by atoms with Crippen LogP contribution in [0.5, 0.6) is 5.75 Å². The highest BCUT2D eigenvalue weighted by molar-refractivity contribution is 6.11. The van der Waals surface area contributed by atoms with Crippen molar-refractivity contribution in [2.45, 2.75) is 0 Å². The molecule has 0 radical (unpaired) electrons. The molecule has 4 aromatic carbocycles. The van der Waals surface area contributed by atoms with E-state index in [0.717, 1.165) is 33.6 Å². The minimum absolute atomic E-state index is 0.0462. The number of carbonyl (C=O) groups is 1. The Bertz CT molecular complexity index is 1180. The molecule has 2 amide bonds. The van der Waals surface area contributed by atoms with Crippen molar-refractivity contribution < 1.29 is 9.53 Å². The third-order valence-corrected chi connectivity index (χ3v) is 5.86. The molecule has 0 aromatic heterocycles. The van der Waals surface area contributed by atoms with Gasteiger partial charge < -0.3 is 4.74 Å². The summed E-state index contributed by atoms with van der Waals surface area (Å²) in [5, 5.41) is 0. The summed E-state index contributed by atoms with van der Waals surface area (Å²) in [6.45, 7) is 1.19. The molecule has 32 heavy (non-hydrogen) atoms. The average Bonchev–Trinajstić information content (AvgIpc) is 3.25. The van der Waals surface area contributed by atoms with Crippen LogP contribution in [-0.2, 0) is 0 Å². The first-order chi connectivity index (χ1) is 15.8. The highest BCUT2D eigenvalue weighted by Crippen LogP contribution is 2.42. The van der Waals surface area contributed by atoms with Crippen LogP contribution in [0, 0.1) is 0 Å². The van der Waals surface area contributed by atoms with Crippen molar-refractivity contribution in [1.29, 1.82) is 0 Å². The Morgan fingerprint density at radius 2 is 1.16 bits per heavy atom. The first-order valence-corrected chi connectivity index (χ1v) is 10.7. The molecule has 1 aliphatic rings. The molecule has 4 aromatic rings. The number of urea groups is 1. The van der Waals surface area contributed by atoms with Gasteiger partial charge in [-0.1, -0.05) is 91.0 Å². The van der Waals surface area contributed by atoms with E-state index in [1.807, 2.05) is 65.6 Å². The second-order valence-corrected chi connectivity index (χ2v) is 7.69. The van der Waals surface area contributed by atoms with Crippen LogP contribution in [0.4, 0.5) is 16.2 Å². The molecular weight excluding hydrogens is 396 g/mol. The number of rotatable bonds is 5. The Kier molecular flexibility index (Phi) is 5.34. The molecular formula is C28H24N2O2. The molecule has 4 nitrogen and oxygen atoms in total. The van der Waals surface area contributed by atoms with Crippen LogP contribution < -0.4 is 14.5 Å². The van der Waals surface area contributed by atoms with E-state index in [9.17, 15) is 4.79 Å². The number of carbonyl (C=O) groups excluding carboxylic acids is 1. The monoisotopic (exact) mass is 420 g/mol. The fraction of sp³-hybridized carbons (Fsp3) is 0.107. The summed E-state index contributed by atoms with van der Waals surface area (Å²) in [7, 11) is 1.63. The summed E-state index contributed by atoms with van der Waals surface area (Å²) in [4.78, 5) is 17.4. The van der Waals surface area contributed by atoms with E-state index >= 15 is 0 Å². The number of amides is 2. The Morgan fingerprint density at radius 3 is 1.75 bits per heavy atom. The van der Waals surface area contributed by atoms with Gasteiger partial charge in [0, 0.05) is 24.2 Å². The number of anilines is 2. The van der Waals surface area contributed by atoms with Crippen molar-refractivity contribution in [3.8, 4) is 28.0 Å². The normalized spacial score (nSPS) is 13.5. The second kappa shape index (κ2) is 8.60. The number of benzene rings is 4. The summed E-state index contributed by atoms with van der Waals surface area (Å²) in [6, 6.07) is 34.4. The zero-order chi connectivity index (χ0) is 21.9. The molecule has 0 saturated carbocycles. The lowest BCUT2D eigenvalue weighted by Crippen LogP contribution is -2.32. The van der Waals surface area contributed by atoms with Crippen molar-refractivity contribution in [2.75, 3.05) is 30.0 Å². The SMILES string of the molecule is COc1ccccc1N1CCN(c2c(-c3ccccc3)cccc2-c2ccccc2)C1=O. The van der Waals surface area contributed by atoms with Crippen LogP contribution >= 0.6 is 0 Å². The molecule has 158 valence electrons. The molecule has 1 saturated heterocycles. The summed E-state index contributed by atoms with van der Waals surface area (Å²) in [5.41, 5.74) is 5.99. The summed E-state index contributed by atoms with van der Waals surface area (Å²) >= 11 is 0. The zero-order valence-electron chi connectivity index (χ0n) is 17.9. The first kappa shape index (κ1) is 19.9. The van der Waals surface area contributed by atoms with E-state index in [4.69, 9.17) is 4.74 Å². The van der Waals surface area contributed by atoms with Gasteiger partial charge in [0.05, 0.1) is 18.5 Å². The number of hydrogen-bond acceptors (Lipinski definition) is 2. The summed E-state index contributed by atoms with van der Waals surface area (Å²) in [6.07, 6.45) is 0. The van der Waals surface area contributed by atoms with Crippen LogP contribution in [0.15, 0.2) is 103 Å². The molecule has 0 N–H and O–H groups in total. The summed E-state index contributed by atoms with van der Waals surface area (Å²) < 4.78 is 5.52. The van der Waals surface area contributed by atoms with E-state index in [-0.39, 0.29) is 6.03 Å². The molecule has 0 aliphatic carbocycles. The smallest absolute Gasteiger partial charge is 0.329 e. The molecule has 0 spiro atoms. The first-order valence-electron chi connectivity index (χ1n) is 10.7. The third kappa shape index (κ3) is 3.50. The number of nitrogens with zero attached hydrogens (tertiary/aromatic N) is 2. The molecule has 5 rings (SSSR count). The Labute approximate surface area is 188 Å². The summed E-state index contributed by atoms with van der Waals surface area (Å²) in [5.74, 6) is 0.697. The van der Waals surface area contributed by atoms with Gasteiger partial charge in [0.2, 0.25) is 0 Å². The van der Waals surface area contributed by atoms with E-state index in [1.165, 1.54) is 0 Å². The molecule has 0 unspecified atom stereocenters. The van der Waals surface area contributed by atoms with Gasteiger partial charge in [-0.05, 0) is 23.3 Å². The standard InChI is InChI=1S/C28H24N2O2/c1-32-26-18-9-8-17-25(26)29-19-20-30(28(29)31)27-23(21-11-4-2-5-12-21)15-10-16-24(27)22-13-6-3-7-14-22/h2-18H,19-20H2,1H3. The van der Waals surface area contributed by atoms with Gasteiger partial charge >= 0.3 is 6.03 Å². The van der Waals surface area contributed by atoms with Crippen LogP contribution in [-0.4, -0.2) is 26.2 Å². The van der Waals surface area contributed by atoms with Crippen LogP contribution in [0.1, 0.15) is 0 Å². The highest BCUT2D eigenvalue weighted by atomic mass is 16.5. The van der Waals surface area contributed by atoms with Gasteiger partial charge in [-0.3, -0.25) is 9.80 Å². The zero-order valence-corrected chi connectivity index (χ0v) is 17.9. The van der Waals surface area contributed by atoms with Crippen LogP contribution in [0.3, 0.4) is 0 Å². The number of hydrogen-bond donors (Lipinski definition) is 0. The quantitative estimate of drug-likeness (QED) is 0.370. The Morgan fingerprint density at radius 1 is 0.625 bits per heavy atom. The van der Waals surface area contributed by atoms with E-state index in [1.54, 1.807) is 12.0 Å². The maximum Gasteiger partial charge on any atom is 0.329 e. The van der Waals surface area contributed by atoms with Crippen molar-refractivity contribution in [2.24, 2.45) is 0 Å². The van der Waals surface area contributed by atoms with E-state index in [2.05, 4.69) is 42.5 Å². The van der Waals surface area contributed by atoms with Crippen molar-refractivity contribution in [3.63, 3.8) is 0 Å². The topological polar surface area (TPSA) is 32.8 Å². The van der Waals surface area contributed by atoms with Crippen molar-refractivity contribution in [1.82, 2.24) is 0 Å². The molecule has 0 bridgehead atoms. The number of methoxy groups -OCH3 is 1. The van der Waals surface area contributed by atoms with Gasteiger partial charge in [-0.25, -0.2) is 4.79 Å². The lowest BCUT2D eigenvalue weighted by Gasteiger charge is -2.25. The predicted molar refractivity (Wildman–Crippen MR) is 130 cm³/mol. The fourth-order valence-electron chi connectivity index (χ4n) is 4.36. The average molecular weight is 421 g/mol. The third-order valence-electron chi connectivity index (χ3n) is 5.86. The minimum Gasteiger partial charge on any atom is -0.495 e. The Balaban J connectivity index is 1.65. The number of ether oxygens (including phenoxy) is 1. The van der Waals surface area contributed by atoms with Crippen molar-refractivity contribution >= 4 is 17.4 Å². The van der Waals surface area contributed by atoms with Gasteiger partial charge in [0.15, 0.2) is 0 Å². The van der Waals surface area contributed by atoms with Crippen LogP contribution in [0.25, 0.3) is 22.3 Å². The highest BCUT2D eigenvalue weighted by Gasteiger charge is 2.34. The van der Waals surface area contributed by atoms with Crippen molar-refractivity contribution in [3.05, 3.63) is 103 Å². The van der Waals surface area contributed by atoms with Gasteiger partial charge in [-0.15, -0.1) is 0 Å². The molecule has 1 aliphatic heterocycles. The largest absolute Gasteiger partial charge is 0.495 e. The van der Waals surface area contributed by atoms with E-state index < -0.39 is 0 Å². The fourth-order valence-corrected chi connectivity index (χ4v) is 4.36. The van der Waals surface area contributed by atoms with Gasteiger partial charge in [0.25, 0.3) is 0 Å². The lowest BCUT2D eigenvalue weighted by molar-refractivity contribution is 0.255. The minimum atomic E-state index is -0.0462. The molecule has 0 atom stereocenters. The molecule has 1 heterocycles. The number of para-hydroxylation sites is 3. The molecule has 1 fully saturated rings. The van der Waals surface area contributed by atoms with Gasteiger partial charge in [0.1, 0.15) is 5.75 Å². The molecule has 4 heteroatoms. The lowest BCUT2D eigenvalue weighted by atomic mass is 9.95. The van der Waals surface area contributed by atoms with Crippen LogP contribution in [0.2, 0.25) is 0 Å². The predicted octanol–water partition coefficient (Wildman–Crippen LogP) is 6.48. The Hall–Kier alpha value is -4.05. The maximum atomic E-state index is 13.7.